The summed E-state index contributed by atoms with van der Waals surface area (Å²) in [7, 11) is 0. The monoisotopic (exact) mass is 129 g/mol. The van der Waals surface area contributed by atoms with Crippen LogP contribution >= 0.6 is 11.8 Å². The summed E-state index contributed by atoms with van der Waals surface area (Å²) in [4.78, 5) is 0. The minimum absolute atomic E-state index is 0.855. The molecular weight excluding hydrogens is 116 g/mol. The first kappa shape index (κ1) is 6.47. The van der Waals surface area contributed by atoms with Gasteiger partial charge in [-0.15, -0.1) is 0 Å². The smallest absolute Gasteiger partial charge is 0.00805 e. The molecule has 1 saturated heterocycles. The number of rotatable bonds is 2. The molecule has 1 fully saturated rings. The molecule has 0 bridgehead atoms. The first-order valence-corrected chi connectivity index (χ1v) is 4.30. The molecule has 0 N–H and O–H groups in total. The highest BCUT2D eigenvalue weighted by Crippen LogP contribution is 2.34. The van der Waals surface area contributed by atoms with Crippen LogP contribution in [-0.2, 0) is 0 Å². The van der Waals surface area contributed by atoms with Gasteiger partial charge in [-0.2, -0.15) is 11.8 Å². The van der Waals surface area contributed by atoms with Gasteiger partial charge in [0.05, 0.1) is 0 Å². The third-order valence-corrected chi connectivity index (χ3v) is 3.42. The van der Waals surface area contributed by atoms with Crippen molar-refractivity contribution in [3.63, 3.8) is 0 Å². The summed E-state index contributed by atoms with van der Waals surface area (Å²) in [5, 5.41) is 0.951. The van der Waals surface area contributed by atoms with Crippen molar-refractivity contribution in [3.05, 3.63) is 6.92 Å². The maximum atomic E-state index is 3.88. The van der Waals surface area contributed by atoms with E-state index in [2.05, 4.69) is 25.6 Å². The molecule has 1 heterocycles. The van der Waals surface area contributed by atoms with E-state index in [4.69, 9.17) is 0 Å². The zero-order chi connectivity index (χ0) is 5.98. The Morgan fingerprint density at radius 3 is 2.62 bits per heavy atom. The predicted molar refractivity (Wildman–Crippen MR) is 40.0 cm³/mol. The van der Waals surface area contributed by atoms with Crippen LogP contribution in [0.5, 0.6) is 0 Å². The minimum atomic E-state index is 0.855. The summed E-state index contributed by atoms with van der Waals surface area (Å²) in [5.74, 6) is 2.24. The van der Waals surface area contributed by atoms with E-state index < -0.39 is 0 Å². The van der Waals surface area contributed by atoms with Gasteiger partial charge in [-0.1, -0.05) is 13.8 Å². The van der Waals surface area contributed by atoms with Crippen molar-refractivity contribution in [2.75, 3.05) is 5.75 Å². The fourth-order valence-electron chi connectivity index (χ4n) is 0.889. The predicted octanol–water partition coefficient (Wildman–Crippen LogP) is 2.35. The topological polar surface area (TPSA) is 0 Å². The zero-order valence-corrected chi connectivity index (χ0v) is 6.21. The lowest BCUT2D eigenvalue weighted by Crippen LogP contribution is -2.22. The van der Waals surface area contributed by atoms with Crippen molar-refractivity contribution in [3.8, 4) is 0 Å². The Hall–Kier alpha value is 0.350. The Kier molecular flexibility index (Phi) is 2.24. The third-order valence-electron chi connectivity index (χ3n) is 1.82. The Morgan fingerprint density at radius 2 is 2.50 bits per heavy atom. The molecule has 1 aliphatic heterocycles. The van der Waals surface area contributed by atoms with Gasteiger partial charge in [0.15, 0.2) is 0 Å². The quantitative estimate of drug-likeness (QED) is 0.551. The molecule has 1 radical (unpaired) electrons. The van der Waals surface area contributed by atoms with Crippen LogP contribution in [0.4, 0.5) is 0 Å². The van der Waals surface area contributed by atoms with Crippen LogP contribution in [0.2, 0.25) is 0 Å². The Morgan fingerprint density at radius 1 is 1.88 bits per heavy atom. The van der Waals surface area contributed by atoms with E-state index in [0.717, 1.165) is 17.6 Å². The van der Waals surface area contributed by atoms with E-state index in [-0.39, 0.29) is 0 Å². The molecule has 0 aromatic carbocycles. The summed E-state index contributed by atoms with van der Waals surface area (Å²) in [6, 6.07) is 0. The van der Waals surface area contributed by atoms with Crippen LogP contribution in [0.25, 0.3) is 0 Å². The SMILES string of the molecule is [CH2]CC(C)C1CCS1. The van der Waals surface area contributed by atoms with Gasteiger partial charge in [0.25, 0.3) is 0 Å². The normalized spacial score (nSPS) is 31.5. The van der Waals surface area contributed by atoms with E-state index in [1.807, 2.05) is 0 Å². The molecule has 0 aliphatic carbocycles. The van der Waals surface area contributed by atoms with Crippen LogP contribution in [-0.4, -0.2) is 11.0 Å². The summed E-state index contributed by atoms with van der Waals surface area (Å²) in [6.07, 6.45) is 2.54. The van der Waals surface area contributed by atoms with Crippen LogP contribution in [0.15, 0.2) is 0 Å². The van der Waals surface area contributed by atoms with Gasteiger partial charge in [-0.3, -0.25) is 0 Å². The summed E-state index contributed by atoms with van der Waals surface area (Å²) in [5.41, 5.74) is 0. The van der Waals surface area contributed by atoms with Gasteiger partial charge < -0.3 is 0 Å². The van der Waals surface area contributed by atoms with E-state index in [9.17, 15) is 0 Å². The average Bonchev–Trinajstić information content (AvgIpc) is 1.62. The molecule has 0 spiro atoms. The van der Waals surface area contributed by atoms with Crippen LogP contribution in [0.3, 0.4) is 0 Å². The highest BCUT2D eigenvalue weighted by molar-refractivity contribution is 8.01. The molecule has 8 heavy (non-hydrogen) atoms. The first-order valence-electron chi connectivity index (χ1n) is 3.25. The fraction of sp³-hybridized carbons (Fsp3) is 0.857. The second-order valence-corrected chi connectivity index (χ2v) is 3.81. The molecule has 0 aromatic rings. The summed E-state index contributed by atoms with van der Waals surface area (Å²) >= 11 is 2.10. The highest BCUT2D eigenvalue weighted by atomic mass is 32.2. The van der Waals surface area contributed by atoms with Crippen LogP contribution < -0.4 is 0 Å². The molecule has 2 unspecified atom stereocenters. The van der Waals surface area contributed by atoms with Gasteiger partial charge in [-0.05, 0) is 24.5 Å². The largest absolute Gasteiger partial charge is 0.158 e. The third kappa shape index (κ3) is 1.19. The Bertz CT molecular complexity index is 64.0. The molecule has 0 nitrogen and oxygen atoms in total. The molecule has 2 atom stereocenters. The van der Waals surface area contributed by atoms with Gasteiger partial charge in [0.2, 0.25) is 0 Å². The van der Waals surface area contributed by atoms with Crippen molar-refractivity contribution >= 4 is 11.8 Å². The van der Waals surface area contributed by atoms with Gasteiger partial charge >= 0.3 is 0 Å². The Labute approximate surface area is 56.0 Å². The van der Waals surface area contributed by atoms with Gasteiger partial charge in [0, 0.05) is 5.25 Å². The van der Waals surface area contributed by atoms with E-state index in [1.165, 1.54) is 12.2 Å². The van der Waals surface area contributed by atoms with Gasteiger partial charge in [0.1, 0.15) is 0 Å². The summed E-state index contributed by atoms with van der Waals surface area (Å²) < 4.78 is 0. The Balaban J connectivity index is 2.13. The standard InChI is InChI=1S/C7H13S/c1-3-6(2)7-4-5-8-7/h6-7H,1,3-5H2,2H3. The number of hydrogen-bond donors (Lipinski definition) is 0. The van der Waals surface area contributed by atoms with Gasteiger partial charge in [-0.25, -0.2) is 0 Å². The van der Waals surface area contributed by atoms with Crippen LogP contribution in [0, 0.1) is 12.8 Å². The molecular formula is C7H13S. The maximum Gasteiger partial charge on any atom is 0.00805 e. The highest BCUT2D eigenvalue weighted by Gasteiger charge is 2.22. The van der Waals surface area contributed by atoms with Crippen molar-refractivity contribution in [2.45, 2.75) is 25.0 Å². The number of hydrogen-bond acceptors (Lipinski definition) is 1. The van der Waals surface area contributed by atoms with Crippen molar-refractivity contribution in [1.82, 2.24) is 0 Å². The molecule has 1 aliphatic rings. The lowest BCUT2D eigenvalue weighted by molar-refractivity contribution is 0.529. The van der Waals surface area contributed by atoms with Crippen molar-refractivity contribution < 1.29 is 0 Å². The van der Waals surface area contributed by atoms with E-state index >= 15 is 0 Å². The molecule has 0 saturated carbocycles. The second-order valence-electron chi connectivity index (χ2n) is 2.46. The average molecular weight is 129 g/mol. The fourth-order valence-corrected chi connectivity index (χ4v) is 1.86. The molecule has 1 rings (SSSR count). The van der Waals surface area contributed by atoms with E-state index in [0.29, 0.717) is 0 Å². The molecule has 47 valence electrons. The molecule has 0 aromatic heterocycles. The van der Waals surface area contributed by atoms with Crippen LogP contribution in [0.1, 0.15) is 19.8 Å². The zero-order valence-electron chi connectivity index (χ0n) is 5.39. The number of thioether (sulfide) groups is 1. The second kappa shape index (κ2) is 2.77. The van der Waals surface area contributed by atoms with Crippen molar-refractivity contribution in [2.24, 2.45) is 5.92 Å². The maximum absolute atomic E-state index is 3.88. The van der Waals surface area contributed by atoms with E-state index in [1.54, 1.807) is 0 Å². The molecule has 1 heteroatoms. The lowest BCUT2D eigenvalue weighted by Gasteiger charge is -2.29. The lowest BCUT2D eigenvalue weighted by atomic mass is 10.0. The minimum Gasteiger partial charge on any atom is -0.158 e. The first-order chi connectivity index (χ1) is 3.84. The summed E-state index contributed by atoms with van der Waals surface area (Å²) in [6.45, 7) is 6.17. The molecule has 0 amide bonds. The van der Waals surface area contributed by atoms with Crippen molar-refractivity contribution in [1.29, 1.82) is 0 Å².